The molecular formula is C27H34N5O4Rb. The van der Waals surface area contributed by atoms with E-state index in [1.807, 2.05) is 30.5 Å². The minimum Gasteiger partial charge on any atom is -0.359 e. The Morgan fingerprint density at radius 2 is 1.95 bits per heavy atom. The zero-order valence-corrected chi connectivity index (χ0v) is 27.1. The van der Waals surface area contributed by atoms with Gasteiger partial charge in [0.1, 0.15) is 11.8 Å². The second-order valence-corrected chi connectivity index (χ2v) is 9.33. The van der Waals surface area contributed by atoms with Gasteiger partial charge in [0.05, 0.1) is 12.6 Å². The summed E-state index contributed by atoms with van der Waals surface area (Å²) < 4.78 is 0. The third-order valence-electron chi connectivity index (χ3n) is 6.01. The van der Waals surface area contributed by atoms with Crippen molar-refractivity contribution in [2.45, 2.75) is 58.5 Å². The molecule has 3 amide bonds. The Balaban J connectivity index is 0.00000481. The van der Waals surface area contributed by atoms with Gasteiger partial charge in [0.25, 0.3) is 5.91 Å². The normalized spacial score (nSPS) is 16.2. The first-order chi connectivity index (χ1) is 17.1. The van der Waals surface area contributed by atoms with Gasteiger partial charge in [0.15, 0.2) is 5.91 Å². The largest absolute Gasteiger partial charge is 1.00 e. The van der Waals surface area contributed by atoms with Crippen molar-refractivity contribution in [3.63, 3.8) is 0 Å². The Morgan fingerprint density at radius 3 is 2.65 bits per heavy atom. The van der Waals surface area contributed by atoms with Crippen LogP contribution in [-0.2, 0) is 19.2 Å². The van der Waals surface area contributed by atoms with E-state index in [9.17, 15) is 19.2 Å². The topological polar surface area (TPSA) is 121 Å². The van der Waals surface area contributed by atoms with Crippen LogP contribution in [0.1, 0.15) is 57.7 Å². The quantitative estimate of drug-likeness (QED) is 0.339. The number of fused-ring (bicyclic) bond motifs is 1. The number of amides is 3. The second kappa shape index (κ2) is 14.9. The van der Waals surface area contributed by atoms with Crippen LogP contribution in [0.5, 0.6) is 0 Å². The molecule has 0 radical (unpaired) electrons. The summed E-state index contributed by atoms with van der Waals surface area (Å²) in [7, 11) is 0. The van der Waals surface area contributed by atoms with Crippen LogP contribution in [0, 0.1) is 6.42 Å². The van der Waals surface area contributed by atoms with E-state index in [4.69, 9.17) is 0 Å². The molecule has 2 heterocycles. The zero-order valence-electron chi connectivity index (χ0n) is 22.2. The van der Waals surface area contributed by atoms with Crippen LogP contribution >= 0.6 is 0 Å². The van der Waals surface area contributed by atoms with E-state index < -0.39 is 23.9 Å². The van der Waals surface area contributed by atoms with Gasteiger partial charge in [-0.15, -0.1) is 12.0 Å². The number of Topliss-reactive ketones (excluding diaryl/α,β-unsaturated/α-hetero) is 1. The van der Waals surface area contributed by atoms with Crippen LogP contribution in [0.3, 0.4) is 0 Å². The maximum Gasteiger partial charge on any atom is 1.00 e. The molecule has 1 aliphatic rings. The van der Waals surface area contributed by atoms with Gasteiger partial charge in [-0.05, 0) is 49.4 Å². The van der Waals surface area contributed by atoms with Crippen molar-refractivity contribution in [2.24, 2.45) is 0 Å². The first-order valence-corrected chi connectivity index (χ1v) is 12.2. The fourth-order valence-corrected chi connectivity index (χ4v) is 3.90. The summed E-state index contributed by atoms with van der Waals surface area (Å²) in [4.78, 5) is 53.0. The average molecular weight is 578 g/mol. The van der Waals surface area contributed by atoms with E-state index >= 15 is 0 Å². The maximum atomic E-state index is 12.6. The third kappa shape index (κ3) is 9.40. The Hall–Kier alpha value is -1.91. The molecule has 1 aromatic carbocycles. The number of nitrogens with one attached hydrogen (secondary N) is 3. The number of carbonyl (C=O) groups excluding carboxylic acids is 4. The fourth-order valence-electron chi connectivity index (χ4n) is 3.90. The number of pyridine rings is 1. The predicted molar refractivity (Wildman–Crippen MR) is 138 cm³/mol. The molecule has 0 aliphatic carbocycles. The Morgan fingerprint density at radius 1 is 1.19 bits per heavy atom. The SMILES string of the molecule is CC(=O)C1CCCN(C(=O)C(C)NC(=O)CNC(=O)[CH-]/C=C/c2ccc3cnc(C(C)C)cc3c2)N1.[Rb+]. The molecule has 10 heteroatoms. The summed E-state index contributed by atoms with van der Waals surface area (Å²) in [5.41, 5.74) is 4.87. The molecule has 0 spiro atoms. The van der Waals surface area contributed by atoms with Crippen LogP contribution in [0.2, 0.25) is 0 Å². The maximum absolute atomic E-state index is 12.6. The van der Waals surface area contributed by atoms with Crippen LogP contribution in [0.15, 0.2) is 36.5 Å². The molecule has 0 bridgehead atoms. The van der Waals surface area contributed by atoms with Crippen molar-refractivity contribution in [1.29, 1.82) is 0 Å². The van der Waals surface area contributed by atoms with Crippen molar-refractivity contribution < 1.29 is 77.4 Å². The van der Waals surface area contributed by atoms with Gasteiger partial charge in [0.2, 0.25) is 5.91 Å². The Kier molecular flexibility index (Phi) is 12.6. The molecule has 2 aromatic rings. The van der Waals surface area contributed by atoms with Gasteiger partial charge >= 0.3 is 58.2 Å². The molecule has 3 N–H and O–H groups in total. The Bertz CT molecular complexity index is 1170. The number of ketones is 1. The first-order valence-electron chi connectivity index (χ1n) is 12.2. The molecule has 2 unspecified atom stereocenters. The number of rotatable bonds is 9. The summed E-state index contributed by atoms with van der Waals surface area (Å²) >= 11 is 0. The predicted octanol–water partition coefficient (Wildman–Crippen LogP) is -0.715. The molecule has 37 heavy (non-hydrogen) atoms. The van der Waals surface area contributed by atoms with E-state index in [1.165, 1.54) is 18.4 Å². The van der Waals surface area contributed by atoms with Crippen LogP contribution < -0.4 is 74.2 Å². The molecule has 3 rings (SSSR count). The smallest absolute Gasteiger partial charge is 0.359 e. The van der Waals surface area contributed by atoms with Crippen molar-refractivity contribution in [3.8, 4) is 0 Å². The molecule has 1 aliphatic heterocycles. The van der Waals surface area contributed by atoms with E-state index in [-0.39, 0.29) is 76.4 Å². The standard InChI is InChI=1S/C27H34N5O4.Rb/c1-17(2)24-14-22-13-20(10-11-21(22)15-28-24)7-5-9-25(34)29-16-26(35)30-18(3)27(36)32-12-6-8-23(31-32)19(4)33;/h5,7,9-11,13-15,17-18,23,31H,6,8,12,16H2,1-4H3,(H,29,34)(H,30,35);/q-1;+1/b7-5+;. The van der Waals surface area contributed by atoms with Crippen molar-refractivity contribution >= 4 is 40.4 Å². The van der Waals surface area contributed by atoms with E-state index in [0.29, 0.717) is 25.3 Å². The van der Waals surface area contributed by atoms with Crippen molar-refractivity contribution in [1.82, 2.24) is 26.1 Å². The number of hydrogen-bond acceptors (Lipinski definition) is 6. The molecule has 1 fully saturated rings. The fraction of sp³-hybridized carbons (Fsp3) is 0.407. The van der Waals surface area contributed by atoms with Crippen molar-refractivity contribution in [3.05, 3.63) is 54.2 Å². The molecule has 2 atom stereocenters. The molecule has 9 nitrogen and oxygen atoms in total. The molecule has 1 aromatic heterocycles. The van der Waals surface area contributed by atoms with Crippen LogP contribution in [0.25, 0.3) is 16.8 Å². The van der Waals surface area contributed by atoms with Gasteiger partial charge in [-0.1, -0.05) is 32.0 Å². The second-order valence-electron chi connectivity index (χ2n) is 9.33. The number of hydrazine groups is 1. The Labute approximate surface area is 267 Å². The number of aromatic nitrogens is 1. The monoisotopic (exact) mass is 577 g/mol. The van der Waals surface area contributed by atoms with Crippen LogP contribution in [0.4, 0.5) is 0 Å². The van der Waals surface area contributed by atoms with Gasteiger partial charge in [0, 0.05) is 18.4 Å². The number of hydrogen-bond donors (Lipinski definition) is 3. The zero-order chi connectivity index (χ0) is 26.2. The van der Waals surface area contributed by atoms with E-state index in [2.05, 4.69) is 41.0 Å². The molecule has 1 saturated heterocycles. The summed E-state index contributed by atoms with van der Waals surface area (Å²) in [5, 5.41) is 8.60. The van der Waals surface area contributed by atoms with Gasteiger partial charge in [-0.2, -0.15) is 0 Å². The first kappa shape index (κ1) is 31.3. The minimum atomic E-state index is -0.796. The summed E-state index contributed by atoms with van der Waals surface area (Å²) in [6.45, 7) is 7.45. The van der Waals surface area contributed by atoms with Crippen molar-refractivity contribution in [2.75, 3.05) is 13.1 Å². The number of nitrogens with zero attached hydrogens (tertiary/aromatic N) is 2. The molecule has 0 saturated carbocycles. The van der Waals surface area contributed by atoms with E-state index in [0.717, 1.165) is 22.0 Å². The molecule has 192 valence electrons. The van der Waals surface area contributed by atoms with E-state index in [1.54, 1.807) is 13.0 Å². The van der Waals surface area contributed by atoms with Gasteiger partial charge < -0.3 is 10.6 Å². The number of carbonyl (C=O) groups is 4. The third-order valence-corrected chi connectivity index (χ3v) is 6.01. The minimum absolute atomic E-state index is 0. The summed E-state index contributed by atoms with van der Waals surface area (Å²) in [5.74, 6) is -0.929. The molecular weight excluding hydrogens is 544 g/mol. The van der Waals surface area contributed by atoms with Crippen LogP contribution in [-0.4, -0.2) is 58.7 Å². The van der Waals surface area contributed by atoms with Gasteiger partial charge in [-0.25, -0.2) is 17.6 Å². The summed E-state index contributed by atoms with van der Waals surface area (Å²) in [6, 6.07) is 6.85. The average Bonchev–Trinajstić information content (AvgIpc) is 2.86. The summed E-state index contributed by atoms with van der Waals surface area (Å²) in [6.07, 6.45) is 8.03. The van der Waals surface area contributed by atoms with Gasteiger partial charge in [-0.3, -0.25) is 29.2 Å². The number of benzene rings is 1.